The van der Waals surface area contributed by atoms with Crippen molar-refractivity contribution in [3.63, 3.8) is 0 Å². The van der Waals surface area contributed by atoms with Gasteiger partial charge in [0, 0.05) is 35.8 Å². The Kier molecular flexibility index (Phi) is 6.64. The highest BCUT2D eigenvalue weighted by atomic mass is 16.5. The summed E-state index contributed by atoms with van der Waals surface area (Å²) in [6, 6.07) is 26.0. The van der Waals surface area contributed by atoms with E-state index in [1.54, 1.807) is 18.1 Å². The van der Waals surface area contributed by atoms with Gasteiger partial charge in [-0.2, -0.15) is 0 Å². The average Bonchev–Trinajstić information content (AvgIpc) is 3.40. The molecule has 2 heterocycles. The van der Waals surface area contributed by atoms with Gasteiger partial charge in [0.25, 0.3) is 5.91 Å². The predicted octanol–water partition coefficient (Wildman–Crippen LogP) is 5.92. The first-order valence-electron chi connectivity index (χ1n) is 12.2. The Bertz CT molecular complexity index is 1470. The van der Waals surface area contributed by atoms with E-state index in [1.807, 2.05) is 110 Å². The third-order valence-electron chi connectivity index (χ3n) is 6.66. The zero-order valence-corrected chi connectivity index (χ0v) is 21.1. The van der Waals surface area contributed by atoms with Crippen LogP contribution in [0.25, 0.3) is 11.3 Å². The molecule has 1 aromatic heterocycles. The first-order valence-corrected chi connectivity index (χ1v) is 12.2. The summed E-state index contributed by atoms with van der Waals surface area (Å²) >= 11 is 0. The number of hydrogen-bond acceptors (Lipinski definition) is 3. The van der Waals surface area contributed by atoms with Crippen LogP contribution in [0.1, 0.15) is 35.3 Å². The molecule has 0 saturated heterocycles. The molecular formula is C31H29N3O3. The zero-order valence-electron chi connectivity index (χ0n) is 21.1. The third kappa shape index (κ3) is 4.91. The minimum absolute atomic E-state index is 0.234. The third-order valence-corrected chi connectivity index (χ3v) is 6.66. The average molecular weight is 492 g/mol. The number of fused-ring (bicyclic) bond motifs is 3. The summed E-state index contributed by atoms with van der Waals surface area (Å²) in [6.07, 6.45) is 3.58. The number of hydrogen-bond donors (Lipinski definition) is 1. The number of ether oxygens (including phenoxy) is 1. The molecule has 1 aliphatic heterocycles. The van der Waals surface area contributed by atoms with Gasteiger partial charge in [-0.1, -0.05) is 48.0 Å². The minimum atomic E-state index is -0.871. The summed E-state index contributed by atoms with van der Waals surface area (Å²) in [7, 11) is 1.62. The van der Waals surface area contributed by atoms with Crippen LogP contribution in [-0.2, 0) is 16.1 Å². The molecule has 2 amide bonds. The lowest BCUT2D eigenvalue weighted by molar-refractivity contribution is -0.135. The van der Waals surface area contributed by atoms with Crippen molar-refractivity contribution < 1.29 is 14.3 Å². The van der Waals surface area contributed by atoms with Crippen LogP contribution in [0.2, 0.25) is 0 Å². The summed E-state index contributed by atoms with van der Waals surface area (Å²) < 4.78 is 7.34. The lowest BCUT2D eigenvalue weighted by atomic mass is 10.00. The van der Waals surface area contributed by atoms with E-state index >= 15 is 0 Å². The molecular weight excluding hydrogens is 462 g/mol. The molecule has 1 unspecified atom stereocenters. The van der Waals surface area contributed by atoms with E-state index < -0.39 is 6.04 Å². The van der Waals surface area contributed by atoms with E-state index in [0.29, 0.717) is 5.69 Å². The Balaban J connectivity index is 1.65. The molecule has 1 aliphatic rings. The Morgan fingerprint density at radius 1 is 0.919 bits per heavy atom. The quantitative estimate of drug-likeness (QED) is 0.377. The van der Waals surface area contributed by atoms with E-state index in [1.165, 1.54) is 0 Å². The monoisotopic (exact) mass is 491 g/mol. The number of methoxy groups -OCH3 is 1. The van der Waals surface area contributed by atoms with Gasteiger partial charge in [0.2, 0.25) is 5.91 Å². The second kappa shape index (κ2) is 10.2. The number of aryl methyl sites for hydroxylation is 1. The maximum Gasteiger partial charge on any atom is 0.251 e. The van der Waals surface area contributed by atoms with Crippen LogP contribution in [0, 0.1) is 6.92 Å². The molecule has 186 valence electrons. The van der Waals surface area contributed by atoms with Crippen molar-refractivity contribution in [1.29, 1.82) is 0 Å². The molecule has 5 rings (SSSR count). The van der Waals surface area contributed by atoms with Crippen molar-refractivity contribution in [2.24, 2.45) is 0 Å². The van der Waals surface area contributed by atoms with Crippen LogP contribution in [0.3, 0.4) is 0 Å². The van der Waals surface area contributed by atoms with Gasteiger partial charge in [0.15, 0.2) is 0 Å². The Morgan fingerprint density at radius 2 is 1.65 bits per heavy atom. The van der Waals surface area contributed by atoms with E-state index in [9.17, 15) is 9.59 Å². The molecule has 0 spiro atoms. The van der Waals surface area contributed by atoms with Crippen molar-refractivity contribution in [3.05, 3.63) is 120 Å². The maximum absolute atomic E-state index is 14.0. The number of nitrogens with zero attached hydrogens (tertiary/aromatic N) is 2. The summed E-state index contributed by atoms with van der Waals surface area (Å²) in [5, 5.41) is 3.05. The van der Waals surface area contributed by atoms with Gasteiger partial charge in [0.1, 0.15) is 11.8 Å². The van der Waals surface area contributed by atoms with Crippen molar-refractivity contribution in [1.82, 2.24) is 9.47 Å². The van der Waals surface area contributed by atoms with Crippen LogP contribution in [0.4, 0.5) is 5.69 Å². The van der Waals surface area contributed by atoms with Crippen LogP contribution < -0.4 is 10.1 Å². The Morgan fingerprint density at radius 3 is 2.38 bits per heavy atom. The smallest absolute Gasteiger partial charge is 0.251 e. The summed E-state index contributed by atoms with van der Waals surface area (Å²) in [5.41, 5.74) is 6.00. The SMILES string of the molecule is COc1ccc(CN2C(=O)/C=C(/C)c3cccn3-c3ccccc3C2C(=O)Nc2ccc(C)cc2)cc1. The standard InChI is InChI=1S/C31H29N3O3/c1-21-10-14-24(15-11-21)32-31(36)30-26-7-4-5-8-28(26)33-18-6-9-27(33)22(2)19-29(35)34(30)20-23-12-16-25(37-3)17-13-23/h4-19,30H,20H2,1-3H3,(H,32,36)/b22-19-. The first kappa shape index (κ1) is 24.1. The topological polar surface area (TPSA) is 63.6 Å². The second-order valence-corrected chi connectivity index (χ2v) is 9.22. The van der Waals surface area contributed by atoms with E-state index in [4.69, 9.17) is 4.74 Å². The molecule has 0 fully saturated rings. The van der Waals surface area contributed by atoms with E-state index in [0.717, 1.165) is 39.4 Å². The van der Waals surface area contributed by atoms with E-state index in [-0.39, 0.29) is 18.4 Å². The number of nitrogens with one attached hydrogen (secondary N) is 1. The number of anilines is 1. The molecule has 6 nitrogen and oxygen atoms in total. The van der Waals surface area contributed by atoms with Gasteiger partial charge in [-0.3, -0.25) is 9.59 Å². The summed E-state index contributed by atoms with van der Waals surface area (Å²) in [4.78, 5) is 29.5. The molecule has 6 heteroatoms. The van der Waals surface area contributed by atoms with Gasteiger partial charge in [-0.05, 0) is 67.4 Å². The normalized spacial score (nSPS) is 16.4. The van der Waals surface area contributed by atoms with Gasteiger partial charge in [-0.15, -0.1) is 0 Å². The fraction of sp³-hybridized carbons (Fsp3) is 0.161. The van der Waals surface area contributed by atoms with Gasteiger partial charge < -0.3 is 19.5 Å². The lowest BCUT2D eigenvalue weighted by Gasteiger charge is -2.31. The summed E-state index contributed by atoms with van der Waals surface area (Å²) in [5.74, 6) is 0.218. The van der Waals surface area contributed by atoms with Gasteiger partial charge in [0.05, 0.1) is 12.8 Å². The highest BCUT2D eigenvalue weighted by Gasteiger charge is 2.34. The number of allylic oxidation sites excluding steroid dienone is 1. The lowest BCUT2D eigenvalue weighted by Crippen LogP contribution is -2.40. The van der Waals surface area contributed by atoms with Crippen LogP contribution in [-0.4, -0.2) is 28.4 Å². The molecule has 37 heavy (non-hydrogen) atoms. The van der Waals surface area contributed by atoms with Gasteiger partial charge >= 0.3 is 0 Å². The fourth-order valence-electron chi connectivity index (χ4n) is 4.71. The van der Waals surface area contributed by atoms with Crippen molar-refractivity contribution in [2.75, 3.05) is 12.4 Å². The highest BCUT2D eigenvalue weighted by molar-refractivity contribution is 6.02. The number of benzene rings is 3. The summed E-state index contributed by atoms with van der Waals surface area (Å²) in [6.45, 7) is 4.17. The number of para-hydroxylation sites is 1. The first-order chi connectivity index (χ1) is 17.9. The number of amides is 2. The largest absolute Gasteiger partial charge is 0.497 e. The predicted molar refractivity (Wildman–Crippen MR) is 146 cm³/mol. The number of carbonyl (C=O) groups excluding carboxylic acids is 2. The fourth-order valence-corrected chi connectivity index (χ4v) is 4.71. The molecule has 0 radical (unpaired) electrons. The number of rotatable bonds is 5. The van der Waals surface area contributed by atoms with E-state index in [2.05, 4.69) is 5.32 Å². The second-order valence-electron chi connectivity index (χ2n) is 9.22. The molecule has 0 saturated carbocycles. The maximum atomic E-state index is 14.0. The number of carbonyl (C=O) groups is 2. The Hall–Kier alpha value is -4.58. The Labute approximate surface area is 216 Å². The van der Waals surface area contributed by atoms with Crippen molar-refractivity contribution in [3.8, 4) is 11.4 Å². The van der Waals surface area contributed by atoms with Gasteiger partial charge in [-0.25, -0.2) is 0 Å². The number of aromatic nitrogens is 1. The van der Waals surface area contributed by atoms with Crippen LogP contribution >= 0.6 is 0 Å². The minimum Gasteiger partial charge on any atom is -0.497 e. The zero-order chi connectivity index (χ0) is 25.9. The van der Waals surface area contributed by atoms with Crippen LogP contribution in [0.5, 0.6) is 5.75 Å². The highest BCUT2D eigenvalue weighted by Crippen LogP contribution is 2.34. The molecule has 4 aromatic rings. The molecule has 0 aliphatic carbocycles. The van der Waals surface area contributed by atoms with Crippen molar-refractivity contribution >= 4 is 23.1 Å². The van der Waals surface area contributed by atoms with Crippen molar-refractivity contribution in [2.45, 2.75) is 26.4 Å². The molecule has 3 aromatic carbocycles. The van der Waals surface area contributed by atoms with Crippen LogP contribution in [0.15, 0.2) is 97.2 Å². The molecule has 0 bridgehead atoms. The molecule has 1 N–H and O–H groups in total. The molecule has 1 atom stereocenters.